The molecule has 2 rings (SSSR count). The molecule has 0 N–H and O–H groups in total. The molecule has 3 nitrogen and oxygen atoms in total. The number of carbonyl (C=O) groups is 1. The number of rotatable bonds is 3. The quantitative estimate of drug-likeness (QED) is 0.817. The van der Waals surface area contributed by atoms with E-state index in [0.717, 1.165) is 4.47 Å². The number of carbonyl (C=O) groups excluding carboxylic acids is 1. The van der Waals surface area contributed by atoms with Gasteiger partial charge >= 0.3 is 0 Å². The molecule has 0 aliphatic heterocycles. The molecular formula is C11H8BrNO2S. The van der Waals surface area contributed by atoms with Crippen molar-refractivity contribution in [1.29, 1.82) is 0 Å². The van der Waals surface area contributed by atoms with Crippen molar-refractivity contribution in [2.24, 2.45) is 0 Å². The minimum Gasteiger partial charge on any atom is -0.308 e. The number of nitrogens with zero attached hydrogens (tertiary/aromatic N) is 1. The van der Waals surface area contributed by atoms with Gasteiger partial charge in [0, 0.05) is 16.7 Å². The first-order chi connectivity index (χ1) is 7.68. The second-order valence-corrected chi connectivity index (χ2v) is 4.96. The summed E-state index contributed by atoms with van der Waals surface area (Å²) in [7, 11) is 0. The molecular weight excluding hydrogens is 290 g/mol. The van der Waals surface area contributed by atoms with E-state index in [1.54, 1.807) is 18.3 Å². The molecule has 0 saturated heterocycles. The van der Waals surface area contributed by atoms with E-state index >= 15 is 0 Å². The minimum absolute atomic E-state index is 0.0600. The Morgan fingerprint density at radius 1 is 1.38 bits per heavy atom. The number of ketones is 1. The Hall–Kier alpha value is -1.20. The molecule has 0 bridgehead atoms. The Balaban J connectivity index is 2.24. The first kappa shape index (κ1) is 11.3. The van der Waals surface area contributed by atoms with Crippen molar-refractivity contribution >= 4 is 33.0 Å². The molecule has 2 aromatic heterocycles. The molecule has 0 aromatic carbocycles. The van der Waals surface area contributed by atoms with Gasteiger partial charge in [0.05, 0.1) is 11.4 Å². The third kappa shape index (κ3) is 2.31. The predicted octanol–water partition coefficient (Wildman–Crippen LogP) is 2.56. The molecule has 16 heavy (non-hydrogen) atoms. The van der Waals surface area contributed by atoms with E-state index in [1.165, 1.54) is 22.0 Å². The summed E-state index contributed by atoms with van der Waals surface area (Å²) in [4.78, 5) is 23.9. The fourth-order valence-corrected chi connectivity index (χ4v) is 2.84. The van der Waals surface area contributed by atoms with Gasteiger partial charge in [0.1, 0.15) is 0 Å². The van der Waals surface area contributed by atoms with E-state index in [2.05, 4.69) is 15.9 Å². The van der Waals surface area contributed by atoms with Gasteiger partial charge in [-0.2, -0.15) is 0 Å². The van der Waals surface area contributed by atoms with Crippen LogP contribution in [-0.2, 0) is 6.54 Å². The number of hydrogen-bond acceptors (Lipinski definition) is 3. The van der Waals surface area contributed by atoms with E-state index < -0.39 is 0 Å². The highest BCUT2D eigenvalue weighted by Crippen LogP contribution is 2.23. The summed E-state index contributed by atoms with van der Waals surface area (Å²) >= 11 is 4.67. The largest absolute Gasteiger partial charge is 0.308 e. The van der Waals surface area contributed by atoms with Crippen molar-refractivity contribution in [2.45, 2.75) is 6.54 Å². The van der Waals surface area contributed by atoms with Crippen LogP contribution >= 0.6 is 27.3 Å². The lowest BCUT2D eigenvalue weighted by Gasteiger charge is -2.02. The maximum atomic E-state index is 11.9. The van der Waals surface area contributed by atoms with Gasteiger partial charge in [-0.1, -0.05) is 6.07 Å². The number of Topliss-reactive ketones (excluding diaryl/α,β-unsaturated/α-hetero) is 1. The van der Waals surface area contributed by atoms with E-state index in [9.17, 15) is 9.59 Å². The standard InChI is InChI=1S/C11H8BrNO2S/c12-8-4-6-16-11(8)9(14)7-13-5-2-1-3-10(13)15/h1-6H,7H2. The molecule has 0 radical (unpaired) electrons. The highest BCUT2D eigenvalue weighted by molar-refractivity contribution is 9.10. The van der Waals surface area contributed by atoms with Crippen LogP contribution in [0.5, 0.6) is 0 Å². The van der Waals surface area contributed by atoms with Crippen LogP contribution in [0.2, 0.25) is 0 Å². The second kappa shape index (κ2) is 4.76. The van der Waals surface area contributed by atoms with Crippen LogP contribution in [0.25, 0.3) is 0 Å². The summed E-state index contributed by atoms with van der Waals surface area (Å²) in [5.74, 6) is -0.0600. The monoisotopic (exact) mass is 297 g/mol. The highest BCUT2D eigenvalue weighted by atomic mass is 79.9. The number of hydrogen-bond donors (Lipinski definition) is 0. The molecule has 0 saturated carbocycles. The molecule has 0 unspecified atom stereocenters. The zero-order chi connectivity index (χ0) is 11.5. The zero-order valence-electron chi connectivity index (χ0n) is 8.22. The molecule has 82 valence electrons. The molecule has 0 fully saturated rings. The second-order valence-electron chi connectivity index (χ2n) is 3.19. The number of halogens is 1. The average molecular weight is 298 g/mol. The number of thiophene rings is 1. The average Bonchev–Trinajstić information content (AvgIpc) is 2.68. The van der Waals surface area contributed by atoms with Crippen molar-refractivity contribution < 1.29 is 4.79 Å². The van der Waals surface area contributed by atoms with Gasteiger partial charge in [0.25, 0.3) is 5.56 Å². The lowest BCUT2D eigenvalue weighted by atomic mass is 10.3. The molecule has 5 heteroatoms. The van der Waals surface area contributed by atoms with Crippen LogP contribution in [0.15, 0.2) is 45.1 Å². The predicted molar refractivity (Wildman–Crippen MR) is 67.1 cm³/mol. The molecule has 2 heterocycles. The topological polar surface area (TPSA) is 39.1 Å². The van der Waals surface area contributed by atoms with Crippen LogP contribution in [0, 0.1) is 0 Å². The summed E-state index contributed by atoms with van der Waals surface area (Å²) in [6.07, 6.45) is 1.61. The van der Waals surface area contributed by atoms with Gasteiger partial charge in [0.2, 0.25) is 0 Å². The van der Waals surface area contributed by atoms with Gasteiger partial charge in [-0.3, -0.25) is 9.59 Å². The van der Waals surface area contributed by atoms with Crippen LogP contribution in [0.1, 0.15) is 9.67 Å². The third-order valence-electron chi connectivity index (χ3n) is 2.08. The lowest BCUT2D eigenvalue weighted by molar-refractivity contribution is 0.0974. The normalized spacial score (nSPS) is 10.3. The first-order valence-electron chi connectivity index (χ1n) is 4.60. The molecule has 0 aliphatic carbocycles. The first-order valence-corrected chi connectivity index (χ1v) is 6.27. The van der Waals surface area contributed by atoms with Crippen molar-refractivity contribution in [3.8, 4) is 0 Å². The van der Waals surface area contributed by atoms with Crippen LogP contribution in [-0.4, -0.2) is 10.4 Å². The summed E-state index contributed by atoms with van der Waals surface area (Å²) < 4.78 is 2.18. The summed E-state index contributed by atoms with van der Waals surface area (Å²) in [6.45, 7) is 0.0821. The summed E-state index contributed by atoms with van der Waals surface area (Å²) in [5, 5.41) is 1.84. The van der Waals surface area contributed by atoms with Gasteiger partial charge < -0.3 is 4.57 Å². The molecule has 2 aromatic rings. The highest BCUT2D eigenvalue weighted by Gasteiger charge is 2.12. The van der Waals surface area contributed by atoms with Crippen molar-refractivity contribution in [2.75, 3.05) is 0 Å². The zero-order valence-corrected chi connectivity index (χ0v) is 10.6. The lowest BCUT2D eigenvalue weighted by Crippen LogP contribution is -2.22. The Kier molecular flexibility index (Phi) is 3.36. The molecule has 0 amide bonds. The van der Waals surface area contributed by atoms with Crippen molar-refractivity contribution in [1.82, 2.24) is 4.57 Å². The van der Waals surface area contributed by atoms with E-state index in [1.807, 2.05) is 11.4 Å². The summed E-state index contributed by atoms with van der Waals surface area (Å²) in [6, 6.07) is 6.66. The van der Waals surface area contributed by atoms with Gasteiger partial charge in [-0.25, -0.2) is 0 Å². The minimum atomic E-state index is -0.163. The van der Waals surface area contributed by atoms with E-state index in [-0.39, 0.29) is 17.9 Å². The van der Waals surface area contributed by atoms with Crippen LogP contribution in [0.3, 0.4) is 0 Å². The number of aromatic nitrogens is 1. The molecule has 0 spiro atoms. The fraction of sp³-hybridized carbons (Fsp3) is 0.0909. The van der Waals surface area contributed by atoms with E-state index in [0.29, 0.717) is 4.88 Å². The van der Waals surface area contributed by atoms with Gasteiger partial charge in [-0.05, 0) is 33.4 Å². The maximum Gasteiger partial charge on any atom is 0.250 e. The number of pyridine rings is 1. The smallest absolute Gasteiger partial charge is 0.250 e. The summed E-state index contributed by atoms with van der Waals surface area (Å²) in [5.41, 5.74) is -0.163. The Morgan fingerprint density at radius 2 is 2.19 bits per heavy atom. The molecule has 0 atom stereocenters. The SMILES string of the molecule is O=C(Cn1ccccc1=O)c1sccc1Br. The third-order valence-corrected chi connectivity index (χ3v) is 3.96. The van der Waals surface area contributed by atoms with Crippen molar-refractivity contribution in [3.63, 3.8) is 0 Å². The Bertz CT molecular complexity index is 573. The Labute approximate surface area is 104 Å². The fourth-order valence-electron chi connectivity index (χ4n) is 1.31. The van der Waals surface area contributed by atoms with Crippen molar-refractivity contribution in [3.05, 3.63) is 55.5 Å². The molecule has 0 aliphatic rings. The van der Waals surface area contributed by atoms with Crippen LogP contribution in [0.4, 0.5) is 0 Å². The van der Waals surface area contributed by atoms with E-state index in [4.69, 9.17) is 0 Å². The Morgan fingerprint density at radius 3 is 2.81 bits per heavy atom. The van der Waals surface area contributed by atoms with Gasteiger partial charge in [0.15, 0.2) is 5.78 Å². The maximum absolute atomic E-state index is 11.9. The van der Waals surface area contributed by atoms with Crippen LogP contribution < -0.4 is 5.56 Å². The van der Waals surface area contributed by atoms with Gasteiger partial charge in [-0.15, -0.1) is 11.3 Å².